The van der Waals surface area contributed by atoms with Crippen LogP contribution in [0.1, 0.15) is 18.4 Å². The molecule has 1 aromatic heterocycles. The molecule has 2 aromatic rings. The largest absolute Gasteiger partial charge is 0.369 e. The second-order valence-electron chi connectivity index (χ2n) is 4.06. The summed E-state index contributed by atoms with van der Waals surface area (Å²) in [6.07, 6.45) is 6.96. The number of nitrogens with two attached hydrogens (primary N) is 1. The molecule has 2 N–H and O–H groups in total. The highest BCUT2D eigenvalue weighted by Crippen LogP contribution is 2.12. The maximum absolute atomic E-state index is 5.83. The van der Waals surface area contributed by atoms with Crippen LogP contribution in [0.25, 0.3) is 0 Å². The van der Waals surface area contributed by atoms with Gasteiger partial charge in [-0.1, -0.05) is 23.7 Å². The van der Waals surface area contributed by atoms with E-state index in [-0.39, 0.29) is 0 Å². The number of unbranched alkanes of at least 4 members (excludes halogenated alkanes) is 1. The summed E-state index contributed by atoms with van der Waals surface area (Å²) in [7, 11) is 0. The molecule has 17 heavy (non-hydrogen) atoms. The first-order valence-corrected chi connectivity index (χ1v) is 6.14. The van der Waals surface area contributed by atoms with Crippen molar-refractivity contribution in [1.82, 2.24) is 9.55 Å². The number of anilines is 1. The number of nitrogens with zero attached hydrogens (tertiary/aromatic N) is 2. The fraction of sp³-hybridized carbons (Fsp3) is 0.308. The van der Waals surface area contributed by atoms with Gasteiger partial charge in [0.1, 0.15) is 0 Å². The molecule has 0 atom stereocenters. The number of imidazole rings is 1. The lowest BCUT2D eigenvalue weighted by atomic mass is 10.1. The van der Waals surface area contributed by atoms with Crippen LogP contribution >= 0.6 is 11.6 Å². The van der Waals surface area contributed by atoms with Crippen molar-refractivity contribution in [2.75, 3.05) is 5.73 Å². The number of benzene rings is 1. The van der Waals surface area contributed by atoms with E-state index >= 15 is 0 Å². The zero-order valence-electron chi connectivity index (χ0n) is 9.64. The Morgan fingerprint density at radius 1 is 1.18 bits per heavy atom. The average Bonchev–Trinajstić information content (AvgIpc) is 2.73. The molecule has 0 saturated carbocycles. The van der Waals surface area contributed by atoms with Gasteiger partial charge in [0.25, 0.3) is 0 Å². The van der Waals surface area contributed by atoms with Crippen LogP contribution in [0.15, 0.2) is 36.7 Å². The molecule has 1 aromatic carbocycles. The number of aromatic nitrogens is 2. The molecule has 0 radical (unpaired) electrons. The van der Waals surface area contributed by atoms with Gasteiger partial charge >= 0.3 is 0 Å². The van der Waals surface area contributed by atoms with Crippen molar-refractivity contribution in [1.29, 1.82) is 0 Å². The quantitative estimate of drug-likeness (QED) is 0.828. The van der Waals surface area contributed by atoms with Gasteiger partial charge in [-0.2, -0.15) is 0 Å². The number of hydrogen-bond acceptors (Lipinski definition) is 2. The zero-order chi connectivity index (χ0) is 12.1. The van der Waals surface area contributed by atoms with Crippen LogP contribution in [0.5, 0.6) is 0 Å². The van der Waals surface area contributed by atoms with Crippen molar-refractivity contribution in [3.8, 4) is 0 Å². The molecule has 0 saturated heterocycles. The highest BCUT2D eigenvalue weighted by Gasteiger charge is 1.98. The van der Waals surface area contributed by atoms with Crippen LogP contribution in [-0.4, -0.2) is 9.55 Å². The predicted molar refractivity (Wildman–Crippen MR) is 71.0 cm³/mol. The summed E-state index contributed by atoms with van der Waals surface area (Å²) in [5.41, 5.74) is 7.01. The highest BCUT2D eigenvalue weighted by molar-refractivity contribution is 6.30. The van der Waals surface area contributed by atoms with Gasteiger partial charge in [0.05, 0.1) is 0 Å². The minimum absolute atomic E-state index is 0.594. The van der Waals surface area contributed by atoms with Gasteiger partial charge in [-0.15, -0.1) is 0 Å². The Labute approximate surface area is 106 Å². The lowest BCUT2D eigenvalue weighted by molar-refractivity contribution is 0.615. The number of rotatable bonds is 5. The smallest absolute Gasteiger partial charge is 0.200 e. The topological polar surface area (TPSA) is 43.8 Å². The van der Waals surface area contributed by atoms with E-state index in [1.807, 2.05) is 22.9 Å². The maximum Gasteiger partial charge on any atom is 0.200 e. The third-order valence-electron chi connectivity index (χ3n) is 2.78. The van der Waals surface area contributed by atoms with Crippen LogP contribution in [0, 0.1) is 0 Å². The minimum Gasteiger partial charge on any atom is -0.369 e. The van der Waals surface area contributed by atoms with Crippen molar-refractivity contribution in [3.63, 3.8) is 0 Å². The number of nitrogen functional groups attached to an aromatic ring is 1. The summed E-state index contributed by atoms with van der Waals surface area (Å²) in [6.45, 7) is 0.930. The first-order chi connectivity index (χ1) is 8.25. The first kappa shape index (κ1) is 12.0. The zero-order valence-corrected chi connectivity index (χ0v) is 10.4. The summed E-state index contributed by atoms with van der Waals surface area (Å²) in [5, 5.41) is 0.792. The van der Waals surface area contributed by atoms with Crippen LogP contribution in [0.4, 0.5) is 5.95 Å². The van der Waals surface area contributed by atoms with E-state index in [1.54, 1.807) is 6.20 Å². The summed E-state index contributed by atoms with van der Waals surface area (Å²) in [4.78, 5) is 3.99. The maximum atomic E-state index is 5.83. The fourth-order valence-electron chi connectivity index (χ4n) is 1.79. The molecule has 0 spiro atoms. The highest BCUT2D eigenvalue weighted by atomic mass is 35.5. The van der Waals surface area contributed by atoms with Crippen molar-refractivity contribution in [2.24, 2.45) is 0 Å². The monoisotopic (exact) mass is 249 g/mol. The Hall–Kier alpha value is -1.48. The fourth-order valence-corrected chi connectivity index (χ4v) is 1.92. The summed E-state index contributed by atoms with van der Waals surface area (Å²) < 4.78 is 1.97. The SMILES string of the molecule is Nc1nccn1CCCCc1ccc(Cl)cc1. The van der Waals surface area contributed by atoms with Crippen LogP contribution < -0.4 is 5.73 Å². The average molecular weight is 250 g/mol. The third-order valence-corrected chi connectivity index (χ3v) is 3.03. The molecule has 0 fully saturated rings. The second kappa shape index (κ2) is 5.73. The number of hydrogen-bond donors (Lipinski definition) is 1. The van der Waals surface area contributed by atoms with E-state index in [4.69, 9.17) is 17.3 Å². The molecule has 1 heterocycles. The lowest BCUT2D eigenvalue weighted by Gasteiger charge is -2.04. The van der Waals surface area contributed by atoms with Gasteiger partial charge < -0.3 is 10.3 Å². The number of halogens is 1. The van der Waals surface area contributed by atoms with Crippen molar-refractivity contribution in [3.05, 3.63) is 47.2 Å². The molecule has 2 rings (SSSR count). The molecule has 3 nitrogen and oxygen atoms in total. The van der Waals surface area contributed by atoms with E-state index < -0.39 is 0 Å². The molecular weight excluding hydrogens is 234 g/mol. The standard InChI is InChI=1S/C13H16ClN3/c14-12-6-4-11(5-7-12)3-1-2-9-17-10-8-16-13(17)15/h4-8,10H,1-3,9H2,(H2,15,16). The molecule has 0 bridgehead atoms. The van der Waals surface area contributed by atoms with E-state index in [0.717, 1.165) is 30.8 Å². The van der Waals surface area contributed by atoms with Crippen LogP contribution in [0.3, 0.4) is 0 Å². The molecule has 90 valence electrons. The van der Waals surface area contributed by atoms with E-state index in [2.05, 4.69) is 17.1 Å². The van der Waals surface area contributed by atoms with Crippen molar-refractivity contribution >= 4 is 17.5 Å². The minimum atomic E-state index is 0.594. The second-order valence-corrected chi connectivity index (χ2v) is 4.50. The molecule has 0 aliphatic rings. The molecular formula is C13H16ClN3. The summed E-state index contributed by atoms with van der Waals surface area (Å²) >= 11 is 5.83. The van der Waals surface area contributed by atoms with Gasteiger partial charge in [0.15, 0.2) is 5.95 Å². The normalized spacial score (nSPS) is 10.6. The Morgan fingerprint density at radius 2 is 1.94 bits per heavy atom. The van der Waals surface area contributed by atoms with Gasteiger partial charge in [0, 0.05) is 24.0 Å². The molecule has 4 heteroatoms. The third kappa shape index (κ3) is 3.49. The Kier molecular flexibility index (Phi) is 4.04. The van der Waals surface area contributed by atoms with Crippen LogP contribution in [-0.2, 0) is 13.0 Å². The van der Waals surface area contributed by atoms with Crippen LogP contribution in [0.2, 0.25) is 5.02 Å². The van der Waals surface area contributed by atoms with Gasteiger partial charge in [-0.3, -0.25) is 0 Å². The molecule has 0 unspecified atom stereocenters. The molecule has 0 amide bonds. The Balaban J connectivity index is 1.73. The summed E-state index contributed by atoms with van der Waals surface area (Å²) in [5.74, 6) is 0.594. The van der Waals surface area contributed by atoms with E-state index in [1.165, 1.54) is 5.56 Å². The number of aryl methyl sites for hydroxylation is 2. The van der Waals surface area contributed by atoms with Gasteiger partial charge in [-0.25, -0.2) is 4.98 Å². The van der Waals surface area contributed by atoms with Gasteiger partial charge in [-0.05, 0) is 37.0 Å². The van der Waals surface area contributed by atoms with Crippen molar-refractivity contribution in [2.45, 2.75) is 25.8 Å². The van der Waals surface area contributed by atoms with Crippen molar-refractivity contribution < 1.29 is 0 Å². The van der Waals surface area contributed by atoms with E-state index in [0.29, 0.717) is 5.95 Å². The Bertz CT molecular complexity index is 462. The lowest BCUT2D eigenvalue weighted by Crippen LogP contribution is -2.02. The predicted octanol–water partition coefficient (Wildman–Crippen LogP) is 3.14. The summed E-state index contributed by atoms with van der Waals surface area (Å²) in [6, 6.07) is 8.03. The van der Waals surface area contributed by atoms with Gasteiger partial charge in [0.2, 0.25) is 0 Å². The molecule has 0 aliphatic carbocycles. The van der Waals surface area contributed by atoms with E-state index in [9.17, 15) is 0 Å². The Morgan fingerprint density at radius 3 is 2.59 bits per heavy atom. The molecule has 0 aliphatic heterocycles. The first-order valence-electron chi connectivity index (χ1n) is 5.77.